The van der Waals surface area contributed by atoms with Crippen molar-refractivity contribution in [2.45, 2.75) is 16.8 Å². The summed E-state index contributed by atoms with van der Waals surface area (Å²) in [5, 5.41) is 2.95. The molecule has 0 spiro atoms. The van der Waals surface area contributed by atoms with Gasteiger partial charge in [-0.05, 0) is 31.2 Å². The molecule has 0 aliphatic rings. The topological polar surface area (TPSA) is 68.3 Å². The number of rotatable bonds is 6. The van der Waals surface area contributed by atoms with Crippen LogP contribution in [0.1, 0.15) is 15.9 Å². The molecule has 1 aromatic heterocycles. The number of pyridine rings is 1. The second-order valence-electron chi connectivity index (χ2n) is 4.83. The molecule has 122 valence electrons. The van der Waals surface area contributed by atoms with E-state index < -0.39 is 11.9 Å². The Morgan fingerprint density at radius 2 is 2.04 bits per heavy atom. The van der Waals surface area contributed by atoms with Crippen LogP contribution in [0.3, 0.4) is 0 Å². The zero-order valence-corrected chi connectivity index (χ0v) is 13.9. The van der Waals surface area contributed by atoms with Crippen molar-refractivity contribution in [3.8, 4) is 12.3 Å². The Morgan fingerprint density at radius 1 is 1.29 bits per heavy atom. The first-order valence-electron chi connectivity index (χ1n) is 7.17. The number of amides is 1. The monoisotopic (exact) mass is 340 g/mol. The van der Waals surface area contributed by atoms with Crippen molar-refractivity contribution in [2.24, 2.45) is 0 Å². The Labute approximate surface area is 144 Å². The maximum atomic E-state index is 12.2. The molecule has 2 aromatic rings. The molecule has 2 rings (SSSR count). The zero-order chi connectivity index (χ0) is 17.4. The number of carbonyl (C=O) groups is 2. The fourth-order valence-electron chi connectivity index (χ4n) is 1.75. The first-order chi connectivity index (χ1) is 11.6. The van der Waals surface area contributed by atoms with Crippen molar-refractivity contribution in [2.75, 3.05) is 13.2 Å². The lowest BCUT2D eigenvalue weighted by atomic mass is 10.2. The van der Waals surface area contributed by atoms with E-state index in [1.165, 1.54) is 11.8 Å². The van der Waals surface area contributed by atoms with E-state index in [-0.39, 0.29) is 13.2 Å². The molecule has 5 nitrogen and oxygen atoms in total. The molecule has 0 unspecified atom stereocenters. The van der Waals surface area contributed by atoms with E-state index in [4.69, 9.17) is 11.2 Å². The van der Waals surface area contributed by atoms with Crippen LogP contribution in [0.4, 0.5) is 0 Å². The van der Waals surface area contributed by atoms with Gasteiger partial charge in [0.1, 0.15) is 5.03 Å². The molecule has 0 radical (unpaired) electrons. The van der Waals surface area contributed by atoms with Crippen molar-refractivity contribution in [3.63, 3.8) is 0 Å². The van der Waals surface area contributed by atoms with Crippen LogP contribution < -0.4 is 5.32 Å². The number of terminal acetylenes is 1. The van der Waals surface area contributed by atoms with Crippen LogP contribution >= 0.6 is 11.8 Å². The van der Waals surface area contributed by atoms with E-state index in [1.807, 2.05) is 31.2 Å². The molecule has 1 amide bonds. The summed E-state index contributed by atoms with van der Waals surface area (Å²) >= 11 is 1.36. The minimum atomic E-state index is -0.603. The number of hydrogen-bond acceptors (Lipinski definition) is 5. The third-order valence-corrected chi connectivity index (χ3v) is 3.98. The summed E-state index contributed by atoms with van der Waals surface area (Å²) < 4.78 is 5.01. The Bertz CT molecular complexity index is 767. The number of carbonyl (C=O) groups excluding carboxylic acids is 2. The van der Waals surface area contributed by atoms with Crippen molar-refractivity contribution >= 4 is 23.6 Å². The number of aryl methyl sites for hydroxylation is 1. The van der Waals surface area contributed by atoms with Gasteiger partial charge in [-0.25, -0.2) is 9.78 Å². The summed E-state index contributed by atoms with van der Waals surface area (Å²) in [4.78, 5) is 28.8. The van der Waals surface area contributed by atoms with Crippen LogP contribution in [0.2, 0.25) is 0 Å². The summed E-state index contributed by atoms with van der Waals surface area (Å²) in [6.07, 6.45) is 6.65. The molecule has 0 saturated carbocycles. The average molecular weight is 340 g/mol. The fourth-order valence-corrected chi connectivity index (χ4v) is 2.63. The lowest BCUT2D eigenvalue weighted by Crippen LogP contribution is -2.29. The van der Waals surface area contributed by atoms with Gasteiger partial charge in [0.2, 0.25) is 0 Å². The van der Waals surface area contributed by atoms with E-state index in [1.54, 1.807) is 18.3 Å². The van der Waals surface area contributed by atoms with Gasteiger partial charge in [0, 0.05) is 11.1 Å². The van der Waals surface area contributed by atoms with Crippen LogP contribution in [-0.2, 0) is 9.53 Å². The maximum Gasteiger partial charge on any atom is 0.341 e. The summed E-state index contributed by atoms with van der Waals surface area (Å²) in [7, 11) is 0. The van der Waals surface area contributed by atoms with Crippen molar-refractivity contribution in [1.82, 2.24) is 10.3 Å². The third-order valence-electron chi connectivity index (χ3n) is 2.95. The van der Waals surface area contributed by atoms with Gasteiger partial charge >= 0.3 is 5.97 Å². The van der Waals surface area contributed by atoms with Gasteiger partial charge in [-0.15, -0.1) is 6.42 Å². The van der Waals surface area contributed by atoms with Gasteiger partial charge in [-0.3, -0.25) is 4.79 Å². The molecule has 0 aliphatic heterocycles. The molecular formula is C18H16N2O3S. The number of esters is 1. The predicted molar refractivity (Wildman–Crippen MR) is 91.7 cm³/mol. The zero-order valence-electron chi connectivity index (χ0n) is 13.1. The van der Waals surface area contributed by atoms with Gasteiger partial charge in [-0.2, -0.15) is 0 Å². The summed E-state index contributed by atoms with van der Waals surface area (Å²) in [6.45, 7) is 1.71. The van der Waals surface area contributed by atoms with Gasteiger partial charge in [-0.1, -0.05) is 35.4 Å². The average Bonchev–Trinajstić information content (AvgIpc) is 2.60. The number of nitrogens with zero attached hydrogens (tertiary/aromatic N) is 1. The highest BCUT2D eigenvalue weighted by Crippen LogP contribution is 2.29. The second-order valence-corrected chi connectivity index (χ2v) is 5.89. The molecule has 1 heterocycles. The van der Waals surface area contributed by atoms with Crippen LogP contribution in [0.15, 0.2) is 52.5 Å². The first-order valence-corrected chi connectivity index (χ1v) is 7.98. The quantitative estimate of drug-likeness (QED) is 0.646. The number of nitrogens with one attached hydrogen (secondary N) is 1. The van der Waals surface area contributed by atoms with Gasteiger partial charge in [0.05, 0.1) is 12.1 Å². The molecule has 6 heteroatoms. The number of hydrogen-bond donors (Lipinski definition) is 1. The minimum absolute atomic E-state index is 0.0950. The predicted octanol–water partition coefficient (Wildman–Crippen LogP) is 2.45. The van der Waals surface area contributed by atoms with Crippen LogP contribution in [0.25, 0.3) is 0 Å². The molecule has 24 heavy (non-hydrogen) atoms. The Balaban J connectivity index is 2.05. The molecule has 0 aliphatic carbocycles. The molecule has 0 fully saturated rings. The van der Waals surface area contributed by atoms with E-state index in [0.717, 1.165) is 10.5 Å². The normalized spacial score (nSPS) is 9.83. The highest BCUT2D eigenvalue weighted by molar-refractivity contribution is 7.99. The molecule has 1 aromatic carbocycles. The lowest BCUT2D eigenvalue weighted by molar-refractivity contribution is -0.123. The highest BCUT2D eigenvalue weighted by Gasteiger charge is 2.16. The SMILES string of the molecule is C#CCNC(=O)COC(=O)c1cccnc1Sc1ccc(C)cc1. The standard InChI is InChI=1S/C18H16N2O3S/c1-3-10-19-16(21)12-23-18(22)15-5-4-11-20-17(15)24-14-8-6-13(2)7-9-14/h1,4-9,11H,10,12H2,2H3,(H,19,21). The summed E-state index contributed by atoms with van der Waals surface area (Å²) in [5.41, 5.74) is 1.46. The minimum Gasteiger partial charge on any atom is -0.452 e. The Hall–Kier alpha value is -2.78. The van der Waals surface area contributed by atoms with E-state index in [0.29, 0.717) is 10.6 Å². The lowest BCUT2D eigenvalue weighted by Gasteiger charge is -2.08. The molecule has 1 N–H and O–H groups in total. The highest BCUT2D eigenvalue weighted by atomic mass is 32.2. The van der Waals surface area contributed by atoms with Gasteiger partial charge < -0.3 is 10.1 Å². The molecule has 0 atom stereocenters. The first kappa shape index (κ1) is 17.6. The Morgan fingerprint density at radius 3 is 2.75 bits per heavy atom. The smallest absolute Gasteiger partial charge is 0.341 e. The Kier molecular flexibility index (Phi) is 6.41. The second kappa shape index (κ2) is 8.75. The van der Waals surface area contributed by atoms with E-state index in [2.05, 4.69) is 16.2 Å². The van der Waals surface area contributed by atoms with Gasteiger partial charge in [0.15, 0.2) is 6.61 Å². The molecular weight excluding hydrogens is 324 g/mol. The van der Waals surface area contributed by atoms with Crippen molar-refractivity contribution < 1.29 is 14.3 Å². The van der Waals surface area contributed by atoms with E-state index >= 15 is 0 Å². The van der Waals surface area contributed by atoms with Crippen molar-refractivity contribution in [3.05, 3.63) is 53.7 Å². The number of benzene rings is 1. The molecule has 0 saturated heterocycles. The van der Waals surface area contributed by atoms with Crippen LogP contribution in [-0.4, -0.2) is 30.0 Å². The summed E-state index contributed by atoms with van der Waals surface area (Å²) in [5.74, 6) is 1.22. The molecule has 0 bridgehead atoms. The summed E-state index contributed by atoms with van der Waals surface area (Å²) in [6, 6.07) is 11.1. The fraction of sp³-hybridized carbons (Fsp3) is 0.167. The third kappa shape index (κ3) is 5.14. The van der Waals surface area contributed by atoms with Gasteiger partial charge in [0.25, 0.3) is 5.91 Å². The number of aromatic nitrogens is 1. The maximum absolute atomic E-state index is 12.2. The van der Waals surface area contributed by atoms with Crippen molar-refractivity contribution in [1.29, 1.82) is 0 Å². The van der Waals surface area contributed by atoms with Crippen LogP contribution in [0.5, 0.6) is 0 Å². The van der Waals surface area contributed by atoms with E-state index in [9.17, 15) is 9.59 Å². The van der Waals surface area contributed by atoms with Crippen LogP contribution in [0, 0.1) is 19.3 Å². The number of ether oxygens (including phenoxy) is 1. The largest absolute Gasteiger partial charge is 0.452 e.